The first kappa shape index (κ1) is 17.5. The molecule has 0 unspecified atom stereocenters. The van der Waals surface area contributed by atoms with E-state index in [1.54, 1.807) is 10.0 Å². The van der Waals surface area contributed by atoms with Crippen LogP contribution in [0.2, 0.25) is 0 Å². The van der Waals surface area contributed by atoms with E-state index in [2.05, 4.69) is 0 Å². The van der Waals surface area contributed by atoms with Crippen LogP contribution in [0.5, 0.6) is 0 Å². The highest BCUT2D eigenvalue weighted by atomic mass is 16.6. The van der Waals surface area contributed by atoms with Gasteiger partial charge >= 0.3 is 23.9 Å². The summed E-state index contributed by atoms with van der Waals surface area (Å²) >= 11 is 0. The average Bonchev–Trinajstić information content (AvgIpc) is 3.43. The van der Waals surface area contributed by atoms with Gasteiger partial charge in [0.25, 0.3) is 0 Å². The number of nitrogens with zero attached hydrogens (tertiary/aromatic N) is 2. The molecule has 0 saturated carbocycles. The summed E-state index contributed by atoms with van der Waals surface area (Å²) in [5.41, 5.74) is 1.53. The molecule has 4 aliphatic heterocycles. The maximum atomic E-state index is 12.7. The lowest BCUT2D eigenvalue weighted by Gasteiger charge is -2.33. The van der Waals surface area contributed by atoms with E-state index in [1.165, 1.54) is 0 Å². The van der Waals surface area contributed by atoms with Crippen LogP contribution < -0.4 is 0 Å². The first-order chi connectivity index (χ1) is 14.6. The van der Waals surface area contributed by atoms with Crippen LogP contribution in [-0.2, 0) is 28.7 Å². The van der Waals surface area contributed by atoms with Crippen molar-refractivity contribution < 1.29 is 28.7 Å². The number of hydrogen-bond donors (Lipinski definition) is 0. The molecule has 6 rings (SSSR count). The van der Waals surface area contributed by atoms with Crippen molar-refractivity contribution in [2.45, 2.75) is 24.2 Å². The summed E-state index contributed by atoms with van der Waals surface area (Å²) in [5.74, 6) is -4.14. The summed E-state index contributed by atoms with van der Waals surface area (Å²) in [6, 6.07) is 15.3. The first-order valence-corrected chi connectivity index (χ1v) is 9.75. The van der Waals surface area contributed by atoms with Gasteiger partial charge < -0.3 is 9.47 Å². The lowest BCUT2D eigenvalue weighted by Crippen LogP contribution is -2.45. The molecule has 2 aromatic carbocycles. The highest BCUT2D eigenvalue weighted by Gasteiger charge is 2.72. The third-order valence-electron chi connectivity index (χ3n) is 6.48. The summed E-state index contributed by atoms with van der Waals surface area (Å²) in [6.07, 6.45) is 0. The predicted octanol–water partition coefficient (Wildman–Crippen LogP) is 1.15. The number of hydrogen-bond acceptors (Lipinski definition) is 8. The lowest BCUT2D eigenvalue weighted by atomic mass is 9.84. The van der Waals surface area contributed by atoms with Crippen LogP contribution in [0.1, 0.15) is 23.2 Å². The zero-order chi connectivity index (χ0) is 20.6. The molecule has 4 heterocycles. The minimum absolute atomic E-state index is 0.616. The van der Waals surface area contributed by atoms with Crippen molar-refractivity contribution in [3.05, 3.63) is 71.8 Å². The van der Waals surface area contributed by atoms with Gasteiger partial charge in [-0.05, 0) is 11.1 Å². The van der Waals surface area contributed by atoms with Crippen LogP contribution in [0, 0.1) is 11.8 Å². The van der Waals surface area contributed by atoms with Gasteiger partial charge in [-0.15, -0.1) is 0 Å². The van der Waals surface area contributed by atoms with Crippen LogP contribution in [0.3, 0.4) is 0 Å². The van der Waals surface area contributed by atoms with Crippen molar-refractivity contribution in [2.75, 3.05) is 0 Å². The summed E-state index contributed by atoms with van der Waals surface area (Å²) < 4.78 is 10.0. The maximum absolute atomic E-state index is 12.7. The molecule has 0 aromatic heterocycles. The second-order valence-electron chi connectivity index (χ2n) is 7.89. The van der Waals surface area contributed by atoms with E-state index in [1.807, 2.05) is 60.7 Å². The van der Waals surface area contributed by atoms with Crippen LogP contribution in [0.15, 0.2) is 60.7 Å². The smallest absolute Gasteiger partial charge is 0.333 e. The Morgan fingerprint density at radius 1 is 0.500 bits per heavy atom. The Morgan fingerprint density at radius 3 is 1.23 bits per heavy atom. The summed E-state index contributed by atoms with van der Waals surface area (Å²) in [7, 11) is 0. The van der Waals surface area contributed by atoms with Gasteiger partial charge in [0.2, 0.25) is 0 Å². The van der Waals surface area contributed by atoms with Gasteiger partial charge in [0.15, 0.2) is 0 Å². The third-order valence-corrected chi connectivity index (χ3v) is 6.48. The molecule has 0 radical (unpaired) electrons. The SMILES string of the molecule is O=C1OC(=O)[C@@H]2[C@@H]1[C@@H](c1ccccc1)N1[C@H]3C(=O)OC(=O)[C@@H]3[C@H](c3ccccc3)N21. The first-order valence-electron chi connectivity index (χ1n) is 9.75. The van der Waals surface area contributed by atoms with Crippen LogP contribution in [-0.4, -0.2) is 46.0 Å². The molecule has 150 valence electrons. The quantitative estimate of drug-likeness (QED) is 0.544. The fourth-order valence-corrected chi connectivity index (χ4v) is 5.42. The van der Waals surface area contributed by atoms with Crippen molar-refractivity contribution in [2.24, 2.45) is 11.8 Å². The minimum atomic E-state index is -0.904. The Morgan fingerprint density at radius 2 is 0.867 bits per heavy atom. The number of cyclic esters (lactones) is 4. The second-order valence-corrected chi connectivity index (χ2v) is 7.89. The third kappa shape index (κ3) is 2.12. The van der Waals surface area contributed by atoms with Gasteiger partial charge in [0, 0.05) is 0 Å². The molecule has 0 bridgehead atoms. The standard InChI is InChI=1S/C22H16N2O6/c25-19-13-15(11-7-3-1-4-8-11)23-18-14(20(26)30-22(18)28)16(12-9-5-2-6-10-12)24(23)17(13)21(27)29-19/h1-10,13-18H/t13-,14+,15+,16-,17-,18+. The fraction of sp³-hybridized carbons (Fsp3) is 0.273. The van der Waals surface area contributed by atoms with E-state index in [-0.39, 0.29) is 0 Å². The number of rotatable bonds is 2. The Hall–Kier alpha value is -3.36. The normalized spacial score (nSPS) is 35.2. The number of benzene rings is 2. The van der Waals surface area contributed by atoms with Crippen molar-refractivity contribution in [1.82, 2.24) is 10.0 Å². The van der Waals surface area contributed by atoms with E-state index in [4.69, 9.17) is 9.47 Å². The number of hydrazine groups is 1. The number of fused-ring (bicyclic) bond motifs is 5. The van der Waals surface area contributed by atoms with Gasteiger partial charge in [0.05, 0.1) is 12.1 Å². The number of carbonyl (C=O) groups is 4. The number of carbonyl (C=O) groups excluding carboxylic acids is 4. The van der Waals surface area contributed by atoms with Gasteiger partial charge in [-0.2, -0.15) is 0 Å². The number of ether oxygens (including phenoxy) is 2. The predicted molar refractivity (Wildman–Crippen MR) is 98.8 cm³/mol. The molecule has 8 heteroatoms. The highest BCUT2D eigenvalue weighted by molar-refractivity contribution is 6.02. The summed E-state index contributed by atoms with van der Waals surface area (Å²) in [5, 5.41) is 3.44. The van der Waals surface area contributed by atoms with Gasteiger partial charge in [-0.25, -0.2) is 19.6 Å². The highest BCUT2D eigenvalue weighted by Crippen LogP contribution is 2.58. The van der Waals surface area contributed by atoms with E-state index < -0.39 is 59.9 Å². The monoisotopic (exact) mass is 404 g/mol. The van der Waals surface area contributed by atoms with E-state index >= 15 is 0 Å². The second kappa shape index (κ2) is 6.07. The molecular weight excluding hydrogens is 388 g/mol. The molecule has 4 aliphatic rings. The van der Waals surface area contributed by atoms with E-state index in [0.29, 0.717) is 0 Å². The van der Waals surface area contributed by atoms with Crippen LogP contribution in [0.25, 0.3) is 0 Å². The Kier molecular flexibility index (Phi) is 3.54. The molecule has 30 heavy (non-hydrogen) atoms. The average molecular weight is 404 g/mol. The van der Waals surface area contributed by atoms with Crippen LogP contribution in [0.4, 0.5) is 0 Å². The fourth-order valence-electron chi connectivity index (χ4n) is 5.42. The zero-order valence-electron chi connectivity index (χ0n) is 15.6. The molecule has 2 aromatic rings. The molecule has 0 aliphatic carbocycles. The molecule has 4 saturated heterocycles. The topological polar surface area (TPSA) is 93.2 Å². The molecule has 4 fully saturated rings. The van der Waals surface area contributed by atoms with Gasteiger partial charge in [0.1, 0.15) is 23.9 Å². The lowest BCUT2D eigenvalue weighted by molar-refractivity contribution is -0.167. The summed E-state index contributed by atoms with van der Waals surface area (Å²) in [4.78, 5) is 50.8. The molecule has 0 amide bonds. The van der Waals surface area contributed by atoms with Crippen molar-refractivity contribution >= 4 is 23.9 Å². The maximum Gasteiger partial charge on any atom is 0.333 e. The molecule has 6 atom stereocenters. The molecule has 8 nitrogen and oxygen atoms in total. The Bertz CT molecular complexity index is 1000. The van der Waals surface area contributed by atoms with E-state index in [0.717, 1.165) is 11.1 Å². The number of esters is 4. The van der Waals surface area contributed by atoms with Crippen molar-refractivity contribution in [3.63, 3.8) is 0 Å². The molecule has 0 spiro atoms. The zero-order valence-corrected chi connectivity index (χ0v) is 15.6. The van der Waals surface area contributed by atoms with Crippen molar-refractivity contribution in [1.29, 1.82) is 0 Å². The van der Waals surface area contributed by atoms with Gasteiger partial charge in [-0.1, -0.05) is 60.7 Å². The molecule has 0 N–H and O–H groups in total. The van der Waals surface area contributed by atoms with Crippen molar-refractivity contribution in [3.8, 4) is 0 Å². The Labute approximate surface area is 170 Å². The summed E-state index contributed by atoms with van der Waals surface area (Å²) in [6.45, 7) is 0. The van der Waals surface area contributed by atoms with E-state index in [9.17, 15) is 19.2 Å². The largest absolute Gasteiger partial charge is 0.392 e. The van der Waals surface area contributed by atoms with Crippen LogP contribution >= 0.6 is 0 Å². The van der Waals surface area contributed by atoms with Gasteiger partial charge in [-0.3, -0.25) is 9.59 Å². The minimum Gasteiger partial charge on any atom is -0.392 e. The molecular formula is C22H16N2O6. The Balaban J connectivity index is 1.58.